The third-order valence-electron chi connectivity index (χ3n) is 4.59. The Morgan fingerprint density at radius 3 is 2.38 bits per heavy atom. The topological polar surface area (TPSA) is 12.0 Å². The predicted molar refractivity (Wildman–Crippen MR) is 70.5 cm³/mol. The van der Waals surface area contributed by atoms with Crippen LogP contribution in [0, 0.1) is 17.3 Å². The zero-order chi connectivity index (χ0) is 11.8. The standard InChI is InChI=1S/C15H29N/c1-5-13(8-12-6-7-12)16-14-10-15(3,4)9-11(14)2/h11-14,16H,5-10H2,1-4H3. The van der Waals surface area contributed by atoms with Gasteiger partial charge >= 0.3 is 0 Å². The van der Waals surface area contributed by atoms with Gasteiger partial charge in [0.2, 0.25) is 0 Å². The summed E-state index contributed by atoms with van der Waals surface area (Å²) in [4.78, 5) is 0. The first kappa shape index (κ1) is 12.4. The Balaban J connectivity index is 1.82. The summed E-state index contributed by atoms with van der Waals surface area (Å²) in [5.74, 6) is 1.92. The number of rotatable bonds is 5. The van der Waals surface area contributed by atoms with Crippen LogP contribution in [0.5, 0.6) is 0 Å². The summed E-state index contributed by atoms with van der Waals surface area (Å²) < 4.78 is 0. The fourth-order valence-electron chi connectivity index (χ4n) is 3.53. The lowest BCUT2D eigenvalue weighted by molar-refractivity contribution is 0.332. The van der Waals surface area contributed by atoms with Crippen molar-refractivity contribution in [2.75, 3.05) is 0 Å². The highest BCUT2D eigenvalue weighted by molar-refractivity contribution is 4.93. The van der Waals surface area contributed by atoms with Crippen LogP contribution in [0.2, 0.25) is 0 Å². The van der Waals surface area contributed by atoms with Gasteiger partial charge in [-0.1, -0.05) is 40.5 Å². The van der Waals surface area contributed by atoms with Gasteiger partial charge in [0, 0.05) is 12.1 Å². The van der Waals surface area contributed by atoms with Crippen molar-refractivity contribution >= 4 is 0 Å². The lowest BCUT2D eigenvalue weighted by Crippen LogP contribution is -2.40. The van der Waals surface area contributed by atoms with Crippen molar-refractivity contribution in [2.24, 2.45) is 17.3 Å². The van der Waals surface area contributed by atoms with E-state index in [1.54, 1.807) is 0 Å². The molecule has 0 bridgehead atoms. The van der Waals surface area contributed by atoms with Gasteiger partial charge in [0.25, 0.3) is 0 Å². The van der Waals surface area contributed by atoms with Gasteiger partial charge in [-0.2, -0.15) is 0 Å². The third kappa shape index (κ3) is 3.23. The molecule has 0 saturated heterocycles. The van der Waals surface area contributed by atoms with Crippen molar-refractivity contribution in [1.29, 1.82) is 0 Å². The zero-order valence-corrected chi connectivity index (χ0v) is 11.6. The Hall–Kier alpha value is -0.0400. The summed E-state index contributed by atoms with van der Waals surface area (Å²) in [5, 5.41) is 3.94. The maximum atomic E-state index is 3.94. The molecule has 1 heteroatoms. The average molecular weight is 223 g/mol. The van der Waals surface area contributed by atoms with E-state index in [2.05, 4.69) is 33.0 Å². The summed E-state index contributed by atoms with van der Waals surface area (Å²) in [6.45, 7) is 9.61. The number of hydrogen-bond acceptors (Lipinski definition) is 1. The van der Waals surface area contributed by atoms with Crippen LogP contribution in [0.1, 0.15) is 66.2 Å². The van der Waals surface area contributed by atoms with E-state index in [9.17, 15) is 0 Å². The first-order valence-corrected chi connectivity index (χ1v) is 7.26. The minimum absolute atomic E-state index is 0.564. The molecule has 0 heterocycles. The van der Waals surface area contributed by atoms with E-state index < -0.39 is 0 Å². The van der Waals surface area contributed by atoms with E-state index in [1.165, 1.54) is 38.5 Å². The molecule has 0 aromatic rings. The predicted octanol–water partition coefficient (Wildman–Crippen LogP) is 3.98. The highest BCUT2D eigenvalue weighted by Crippen LogP contribution is 2.41. The van der Waals surface area contributed by atoms with Crippen LogP contribution in [-0.2, 0) is 0 Å². The van der Waals surface area contributed by atoms with Crippen LogP contribution in [0.4, 0.5) is 0 Å². The second kappa shape index (κ2) is 4.68. The SMILES string of the molecule is CCC(CC1CC1)NC1CC(C)(C)CC1C. The second-order valence-electron chi connectivity index (χ2n) is 7.11. The first-order chi connectivity index (χ1) is 7.50. The largest absolute Gasteiger partial charge is 0.311 e. The van der Waals surface area contributed by atoms with Gasteiger partial charge in [0.05, 0.1) is 0 Å². The Labute approximate surface area is 101 Å². The highest BCUT2D eigenvalue weighted by atomic mass is 15.0. The summed E-state index contributed by atoms with van der Waals surface area (Å²) >= 11 is 0. The molecule has 1 nitrogen and oxygen atoms in total. The van der Waals surface area contributed by atoms with Crippen LogP contribution in [0.3, 0.4) is 0 Å². The molecule has 16 heavy (non-hydrogen) atoms. The zero-order valence-electron chi connectivity index (χ0n) is 11.6. The lowest BCUT2D eigenvalue weighted by Gasteiger charge is -2.25. The summed E-state index contributed by atoms with van der Waals surface area (Å²) in [6.07, 6.45) is 8.48. The molecule has 2 aliphatic rings. The molecule has 2 saturated carbocycles. The maximum Gasteiger partial charge on any atom is 0.0101 e. The summed E-state index contributed by atoms with van der Waals surface area (Å²) in [7, 11) is 0. The van der Waals surface area contributed by atoms with Crippen molar-refractivity contribution in [3.63, 3.8) is 0 Å². The molecule has 2 aliphatic carbocycles. The van der Waals surface area contributed by atoms with Crippen LogP contribution >= 0.6 is 0 Å². The maximum absolute atomic E-state index is 3.94. The van der Waals surface area contributed by atoms with Crippen LogP contribution in [0.25, 0.3) is 0 Å². The fourth-order valence-corrected chi connectivity index (χ4v) is 3.53. The van der Waals surface area contributed by atoms with Crippen molar-refractivity contribution < 1.29 is 0 Å². The Kier molecular flexibility index (Phi) is 3.63. The van der Waals surface area contributed by atoms with Gasteiger partial charge in [0.1, 0.15) is 0 Å². The van der Waals surface area contributed by atoms with Gasteiger partial charge in [-0.05, 0) is 42.9 Å². The van der Waals surface area contributed by atoms with Gasteiger partial charge < -0.3 is 5.32 Å². The molecule has 2 rings (SSSR count). The summed E-state index contributed by atoms with van der Waals surface area (Å²) in [6, 6.07) is 1.56. The molecule has 0 aliphatic heterocycles. The molecule has 0 aromatic heterocycles. The van der Waals surface area contributed by atoms with E-state index in [0.29, 0.717) is 5.41 Å². The van der Waals surface area contributed by atoms with E-state index in [4.69, 9.17) is 0 Å². The van der Waals surface area contributed by atoms with Crippen molar-refractivity contribution in [1.82, 2.24) is 5.32 Å². The molecule has 0 aromatic carbocycles. The van der Waals surface area contributed by atoms with Gasteiger partial charge in [0.15, 0.2) is 0 Å². The molecule has 3 atom stereocenters. The quantitative estimate of drug-likeness (QED) is 0.743. The van der Waals surface area contributed by atoms with Gasteiger partial charge in [-0.15, -0.1) is 0 Å². The molecule has 3 unspecified atom stereocenters. The van der Waals surface area contributed by atoms with Gasteiger partial charge in [-0.25, -0.2) is 0 Å². The molecular formula is C15H29N. The molecule has 0 amide bonds. The van der Waals surface area contributed by atoms with E-state index in [0.717, 1.165) is 23.9 Å². The third-order valence-corrected chi connectivity index (χ3v) is 4.59. The number of nitrogens with one attached hydrogen (secondary N) is 1. The number of hydrogen-bond donors (Lipinski definition) is 1. The Morgan fingerprint density at radius 1 is 1.25 bits per heavy atom. The molecule has 2 fully saturated rings. The minimum atomic E-state index is 0.564. The van der Waals surface area contributed by atoms with Crippen LogP contribution in [-0.4, -0.2) is 12.1 Å². The van der Waals surface area contributed by atoms with Crippen molar-refractivity contribution in [3.05, 3.63) is 0 Å². The summed E-state index contributed by atoms with van der Waals surface area (Å²) in [5.41, 5.74) is 0.564. The molecule has 0 radical (unpaired) electrons. The highest BCUT2D eigenvalue weighted by Gasteiger charge is 2.37. The second-order valence-corrected chi connectivity index (χ2v) is 7.11. The first-order valence-electron chi connectivity index (χ1n) is 7.26. The normalized spacial score (nSPS) is 35.2. The van der Waals surface area contributed by atoms with E-state index in [1.807, 2.05) is 0 Å². The monoisotopic (exact) mass is 223 g/mol. The Bertz CT molecular complexity index is 230. The smallest absolute Gasteiger partial charge is 0.0101 e. The fraction of sp³-hybridized carbons (Fsp3) is 1.00. The molecular weight excluding hydrogens is 194 g/mol. The van der Waals surface area contributed by atoms with Crippen molar-refractivity contribution in [3.8, 4) is 0 Å². The van der Waals surface area contributed by atoms with E-state index in [-0.39, 0.29) is 0 Å². The van der Waals surface area contributed by atoms with Crippen LogP contribution in [0.15, 0.2) is 0 Å². The molecule has 0 spiro atoms. The Morgan fingerprint density at radius 2 is 1.94 bits per heavy atom. The van der Waals surface area contributed by atoms with E-state index >= 15 is 0 Å². The van der Waals surface area contributed by atoms with Crippen LogP contribution < -0.4 is 5.32 Å². The van der Waals surface area contributed by atoms with Gasteiger partial charge in [-0.3, -0.25) is 0 Å². The minimum Gasteiger partial charge on any atom is -0.311 e. The lowest BCUT2D eigenvalue weighted by atomic mass is 9.91. The van der Waals surface area contributed by atoms with Crippen molar-refractivity contribution in [2.45, 2.75) is 78.3 Å². The molecule has 1 N–H and O–H groups in total. The average Bonchev–Trinajstić information content (AvgIpc) is 2.93. The molecule has 94 valence electrons.